The van der Waals surface area contributed by atoms with Gasteiger partial charge in [-0.15, -0.1) is 0 Å². The van der Waals surface area contributed by atoms with E-state index in [1.165, 1.54) is 0 Å². The molecule has 2 heterocycles. The molecule has 0 saturated heterocycles. The molecule has 0 fully saturated rings. The Labute approximate surface area is 99.7 Å². The molecule has 2 aromatic rings. The first-order valence-electron chi connectivity index (χ1n) is 5.37. The summed E-state index contributed by atoms with van der Waals surface area (Å²) in [6.07, 6.45) is 6.93. The van der Waals surface area contributed by atoms with E-state index in [0.29, 0.717) is 5.56 Å². The van der Waals surface area contributed by atoms with Crippen molar-refractivity contribution in [2.45, 2.75) is 19.5 Å². The summed E-state index contributed by atoms with van der Waals surface area (Å²) < 4.78 is 1.85. The number of hydrogen-bond acceptors (Lipinski definition) is 4. The Hall–Kier alpha value is -2.35. The molecule has 0 aliphatic rings. The van der Waals surface area contributed by atoms with Gasteiger partial charge in [-0.2, -0.15) is 10.4 Å². The lowest BCUT2D eigenvalue weighted by molar-refractivity contribution is 0.560. The van der Waals surface area contributed by atoms with Crippen LogP contribution < -0.4 is 5.32 Å². The van der Waals surface area contributed by atoms with Gasteiger partial charge in [0, 0.05) is 24.6 Å². The van der Waals surface area contributed by atoms with Gasteiger partial charge in [-0.05, 0) is 19.1 Å². The summed E-state index contributed by atoms with van der Waals surface area (Å²) in [7, 11) is 0. The van der Waals surface area contributed by atoms with Crippen molar-refractivity contribution in [3.05, 3.63) is 42.5 Å². The predicted molar refractivity (Wildman–Crippen MR) is 64.3 cm³/mol. The number of aromatic nitrogens is 3. The summed E-state index contributed by atoms with van der Waals surface area (Å²) >= 11 is 0. The molecule has 0 aliphatic heterocycles. The second-order valence-corrected chi connectivity index (χ2v) is 3.81. The van der Waals surface area contributed by atoms with Gasteiger partial charge in [-0.1, -0.05) is 0 Å². The zero-order chi connectivity index (χ0) is 12.1. The van der Waals surface area contributed by atoms with Crippen LogP contribution in [-0.4, -0.2) is 20.8 Å². The molecule has 0 bridgehead atoms. The summed E-state index contributed by atoms with van der Waals surface area (Å²) in [5.74, 6) is 0. The number of anilines is 1. The topological polar surface area (TPSA) is 66.5 Å². The highest BCUT2D eigenvalue weighted by molar-refractivity contribution is 5.55. The fourth-order valence-corrected chi connectivity index (χ4v) is 1.61. The Morgan fingerprint density at radius 3 is 3.12 bits per heavy atom. The first-order chi connectivity index (χ1) is 8.29. The molecule has 86 valence electrons. The zero-order valence-corrected chi connectivity index (χ0v) is 9.54. The smallest absolute Gasteiger partial charge is 0.101 e. The molecule has 2 aromatic heterocycles. The van der Waals surface area contributed by atoms with Crippen LogP contribution in [0.4, 0.5) is 5.69 Å². The molecule has 1 atom stereocenters. The van der Waals surface area contributed by atoms with Gasteiger partial charge >= 0.3 is 0 Å². The number of hydrogen-bond donors (Lipinski definition) is 1. The Morgan fingerprint density at radius 1 is 1.53 bits per heavy atom. The largest absolute Gasteiger partial charge is 0.378 e. The molecule has 5 nitrogen and oxygen atoms in total. The fourth-order valence-electron chi connectivity index (χ4n) is 1.61. The number of nitrogens with one attached hydrogen (secondary N) is 1. The number of pyridine rings is 1. The summed E-state index contributed by atoms with van der Waals surface area (Å²) in [5, 5.41) is 16.3. The first kappa shape index (κ1) is 11.1. The van der Waals surface area contributed by atoms with Crippen LogP contribution in [0.15, 0.2) is 36.9 Å². The molecule has 0 aliphatic carbocycles. The van der Waals surface area contributed by atoms with Crippen LogP contribution >= 0.6 is 0 Å². The van der Waals surface area contributed by atoms with E-state index in [4.69, 9.17) is 5.26 Å². The maximum atomic E-state index is 8.95. The molecule has 1 unspecified atom stereocenters. The van der Waals surface area contributed by atoms with Gasteiger partial charge in [0.1, 0.15) is 6.07 Å². The normalized spacial score (nSPS) is 11.8. The molecule has 17 heavy (non-hydrogen) atoms. The molecule has 1 N–H and O–H groups in total. The van der Waals surface area contributed by atoms with Crippen LogP contribution in [0, 0.1) is 11.3 Å². The molecule has 0 saturated carbocycles. The second-order valence-electron chi connectivity index (χ2n) is 3.81. The Bertz CT molecular complexity index is 512. The lowest BCUT2D eigenvalue weighted by Crippen LogP contribution is -2.22. The standard InChI is InChI=1S/C12H13N5/c1-10(9-17-6-2-4-15-17)16-12-8-14-5-3-11(12)7-13/h2-6,8,10,16H,9H2,1H3. The van der Waals surface area contributed by atoms with Gasteiger partial charge in [-0.25, -0.2) is 0 Å². The average Bonchev–Trinajstić information content (AvgIpc) is 2.82. The maximum absolute atomic E-state index is 8.95. The van der Waals surface area contributed by atoms with Crippen molar-refractivity contribution < 1.29 is 0 Å². The summed E-state index contributed by atoms with van der Waals surface area (Å²) in [6.45, 7) is 2.78. The van der Waals surface area contributed by atoms with E-state index in [1.54, 1.807) is 24.7 Å². The van der Waals surface area contributed by atoms with E-state index in [-0.39, 0.29) is 6.04 Å². The Morgan fingerprint density at radius 2 is 2.41 bits per heavy atom. The van der Waals surface area contributed by atoms with E-state index in [1.807, 2.05) is 23.9 Å². The highest BCUT2D eigenvalue weighted by Gasteiger charge is 2.06. The van der Waals surface area contributed by atoms with Crippen molar-refractivity contribution in [2.24, 2.45) is 0 Å². The second kappa shape index (κ2) is 5.12. The summed E-state index contributed by atoms with van der Waals surface area (Å²) in [4.78, 5) is 4.01. The van der Waals surface area contributed by atoms with Gasteiger partial charge < -0.3 is 5.32 Å². The molecular weight excluding hydrogens is 214 g/mol. The molecule has 0 spiro atoms. The SMILES string of the molecule is CC(Cn1cccn1)Nc1cnccc1C#N. The first-order valence-corrected chi connectivity index (χ1v) is 5.37. The van der Waals surface area contributed by atoms with Crippen LogP contribution in [-0.2, 0) is 6.54 Å². The summed E-state index contributed by atoms with van der Waals surface area (Å²) in [6, 6.07) is 5.89. The number of nitriles is 1. The van der Waals surface area contributed by atoms with Crippen LogP contribution in [0.25, 0.3) is 0 Å². The van der Waals surface area contributed by atoms with Crippen molar-refractivity contribution in [1.29, 1.82) is 5.26 Å². The van der Waals surface area contributed by atoms with Crippen molar-refractivity contribution in [3.63, 3.8) is 0 Å². The van der Waals surface area contributed by atoms with Crippen LogP contribution in [0.2, 0.25) is 0 Å². The molecular formula is C12H13N5. The number of nitrogens with zero attached hydrogens (tertiary/aromatic N) is 4. The van der Waals surface area contributed by atoms with Crippen molar-refractivity contribution in [1.82, 2.24) is 14.8 Å². The van der Waals surface area contributed by atoms with E-state index >= 15 is 0 Å². The van der Waals surface area contributed by atoms with Crippen molar-refractivity contribution in [3.8, 4) is 6.07 Å². The van der Waals surface area contributed by atoms with Crippen LogP contribution in [0.3, 0.4) is 0 Å². The highest BCUT2D eigenvalue weighted by Crippen LogP contribution is 2.13. The highest BCUT2D eigenvalue weighted by atomic mass is 15.3. The Kier molecular flexibility index (Phi) is 3.36. The van der Waals surface area contributed by atoms with E-state index in [2.05, 4.69) is 21.5 Å². The fraction of sp³-hybridized carbons (Fsp3) is 0.250. The van der Waals surface area contributed by atoms with Gasteiger partial charge in [-0.3, -0.25) is 9.67 Å². The molecule has 5 heteroatoms. The lowest BCUT2D eigenvalue weighted by atomic mass is 10.2. The minimum absolute atomic E-state index is 0.172. The minimum atomic E-state index is 0.172. The van der Waals surface area contributed by atoms with E-state index in [9.17, 15) is 0 Å². The third kappa shape index (κ3) is 2.82. The minimum Gasteiger partial charge on any atom is -0.378 e. The monoisotopic (exact) mass is 227 g/mol. The molecule has 0 radical (unpaired) electrons. The molecule has 0 amide bonds. The van der Waals surface area contributed by atoms with Crippen molar-refractivity contribution >= 4 is 5.69 Å². The van der Waals surface area contributed by atoms with Crippen LogP contribution in [0.1, 0.15) is 12.5 Å². The third-order valence-corrected chi connectivity index (χ3v) is 2.36. The third-order valence-electron chi connectivity index (χ3n) is 2.36. The zero-order valence-electron chi connectivity index (χ0n) is 9.54. The van der Waals surface area contributed by atoms with Gasteiger partial charge in [0.2, 0.25) is 0 Å². The molecule has 0 aromatic carbocycles. The van der Waals surface area contributed by atoms with Gasteiger partial charge in [0.05, 0.1) is 24.0 Å². The predicted octanol–water partition coefficient (Wildman–Crippen LogP) is 1.65. The quantitative estimate of drug-likeness (QED) is 0.862. The Balaban J connectivity index is 2.03. The maximum Gasteiger partial charge on any atom is 0.101 e. The van der Waals surface area contributed by atoms with Crippen LogP contribution in [0.5, 0.6) is 0 Å². The average molecular weight is 227 g/mol. The molecule has 2 rings (SSSR count). The van der Waals surface area contributed by atoms with Gasteiger partial charge in [0.15, 0.2) is 0 Å². The summed E-state index contributed by atoms with van der Waals surface area (Å²) in [5.41, 5.74) is 1.36. The van der Waals surface area contributed by atoms with Gasteiger partial charge in [0.25, 0.3) is 0 Å². The van der Waals surface area contributed by atoms with E-state index < -0.39 is 0 Å². The van der Waals surface area contributed by atoms with E-state index in [0.717, 1.165) is 12.2 Å². The van der Waals surface area contributed by atoms with Crippen molar-refractivity contribution in [2.75, 3.05) is 5.32 Å². The number of rotatable bonds is 4. The lowest BCUT2D eigenvalue weighted by Gasteiger charge is -2.15.